The van der Waals surface area contributed by atoms with Gasteiger partial charge in [0, 0.05) is 29.1 Å². The number of para-hydroxylation sites is 1. The number of fused-ring (bicyclic) bond motifs is 1. The molecular weight excluding hydrogens is 475 g/mol. The molecule has 1 saturated heterocycles. The van der Waals surface area contributed by atoms with E-state index in [4.69, 9.17) is 5.73 Å². The van der Waals surface area contributed by atoms with Crippen molar-refractivity contribution in [2.24, 2.45) is 5.73 Å². The van der Waals surface area contributed by atoms with Crippen LogP contribution in [0.3, 0.4) is 0 Å². The van der Waals surface area contributed by atoms with Gasteiger partial charge in [-0.05, 0) is 18.2 Å². The first-order valence-electron chi connectivity index (χ1n) is 9.97. The molecule has 0 radical (unpaired) electrons. The Morgan fingerprint density at radius 1 is 1.18 bits per heavy atom. The normalized spacial score (nSPS) is 17.0. The molecule has 1 aliphatic rings. The summed E-state index contributed by atoms with van der Waals surface area (Å²) < 4.78 is 42.6. The van der Waals surface area contributed by atoms with E-state index in [1.165, 1.54) is 39.6 Å². The van der Waals surface area contributed by atoms with E-state index >= 15 is 0 Å². The molecule has 3 aromatic rings. The number of alkyl halides is 3. The van der Waals surface area contributed by atoms with E-state index in [2.05, 4.69) is 15.4 Å². The van der Waals surface area contributed by atoms with E-state index in [0.29, 0.717) is 22.3 Å². The number of nitrogens with one attached hydrogen (secondary N) is 2. The number of thioether (sulfide) groups is 1. The largest absolute Gasteiger partial charge is 0.573 e. The lowest BCUT2D eigenvalue weighted by molar-refractivity contribution is -0.274. The summed E-state index contributed by atoms with van der Waals surface area (Å²) in [6.45, 7) is 0. The SMILES string of the molecule is NC(O)n1cc(NC(=O)N2CSC[C@H]2C(=O)Nc2cccc(OC(F)(F)F)c2)c2ccccc21. The minimum absolute atomic E-state index is 0.101. The number of amides is 3. The lowest BCUT2D eigenvalue weighted by Crippen LogP contribution is -2.46. The molecule has 2 aromatic carbocycles. The highest BCUT2D eigenvalue weighted by Gasteiger charge is 2.35. The van der Waals surface area contributed by atoms with Gasteiger partial charge in [0.15, 0.2) is 6.35 Å². The van der Waals surface area contributed by atoms with Gasteiger partial charge in [0.05, 0.1) is 17.1 Å². The van der Waals surface area contributed by atoms with Crippen molar-refractivity contribution in [3.8, 4) is 5.75 Å². The molecule has 3 amide bonds. The Morgan fingerprint density at radius 3 is 2.68 bits per heavy atom. The number of ether oxygens (including phenoxy) is 1. The topological polar surface area (TPSA) is 122 Å². The molecule has 34 heavy (non-hydrogen) atoms. The second-order valence-electron chi connectivity index (χ2n) is 7.36. The standard InChI is InChI=1S/C21H20F3N5O4S/c22-21(23,24)33-13-5-3-4-12(8-13)26-18(30)17-10-34-11-29(17)20(32)27-15-9-28(19(25)31)16-7-2-1-6-14(15)16/h1-9,17,19,31H,10-11,25H2,(H,26,30)(H,27,32)/t17-,19?/m0/s1. The first kappa shape index (κ1) is 23.7. The molecule has 9 nitrogen and oxygen atoms in total. The molecule has 5 N–H and O–H groups in total. The third kappa shape index (κ3) is 5.21. The Bertz CT molecular complexity index is 1220. The Hall–Kier alpha value is -3.42. The van der Waals surface area contributed by atoms with Crippen LogP contribution in [0, 0.1) is 0 Å². The van der Waals surface area contributed by atoms with Crippen LogP contribution in [-0.2, 0) is 4.79 Å². The lowest BCUT2D eigenvalue weighted by atomic mass is 10.2. The summed E-state index contributed by atoms with van der Waals surface area (Å²) in [5.74, 6) is -0.482. The van der Waals surface area contributed by atoms with Gasteiger partial charge in [-0.1, -0.05) is 24.3 Å². The molecule has 0 saturated carbocycles. The van der Waals surface area contributed by atoms with E-state index in [9.17, 15) is 27.9 Å². The van der Waals surface area contributed by atoms with Gasteiger partial charge in [-0.2, -0.15) is 0 Å². The summed E-state index contributed by atoms with van der Waals surface area (Å²) in [4.78, 5) is 27.1. The fourth-order valence-corrected chi connectivity index (χ4v) is 4.72. The molecule has 180 valence electrons. The number of aliphatic hydroxyl groups excluding tert-OH is 1. The third-order valence-electron chi connectivity index (χ3n) is 5.05. The molecule has 2 atom stereocenters. The Morgan fingerprint density at radius 2 is 1.94 bits per heavy atom. The molecule has 4 rings (SSSR count). The summed E-state index contributed by atoms with van der Waals surface area (Å²) in [5.41, 5.74) is 6.71. The van der Waals surface area contributed by atoms with Gasteiger partial charge in [-0.3, -0.25) is 10.5 Å². The van der Waals surface area contributed by atoms with Crippen molar-refractivity contribution < 1.29 is 32.6 Å². The number of carbonyl (C=O) groups excluding carboxylic acids is 2. The number of hydrogen-bond acceptors (Lipinski definition) is 6. The summed E-state index contributed by atoms with van der Waals surface area (Å²) in [6, 6.07) is 10.5. The zero-order chi connectivity index (χ0) is 24.5. The number of carbonyl (C=O) groups is 2. The van der Waals surface area contributed by atoms with E-state index in [1.54, 1.807) is 24.3 Å². The predicted octanol–water partition coefficient (Wildman–Crippen LogP) is 3.49. The molecule has 13 heteroatoms. The number of anilines is 2. The first-order chi connectivity index (χ1) is 16.1. The van der Waals surface area contributed by atoms with Crippen LogP contribution >= 0.6 is 11.8 Å². The average Bonchev–Trinajstić information content (AvgIpc) is 3.38. The zero-order valence-electron chi connectivity index (χ0n) is 17.5. The van der Waals surface area contributed by atoms with E-state index < -0.39 is 36.4 Å². The van der Waals surface area contributed by atoms with Crippen molar-refractivity contribution in [1.82, 2.24) is 9.47 Å². The number of urea groups is 1. The van der Waals surface area contributed by atoms with E-state index in [-0.39, 0.29) is 11.6 Å². The van der Waals surface area contributed by atoms with Crippen LogP contribution < -0.4 is 21.1 Å². The number of aliphatic hydroxyl groups is 1. The summed E-state index contributed by atoms with van der Waals surface area (Å²) in [5, 5.41) is 15.7. The number of halogens is 3. The van der Waals surface area contributed by atoms with Crippen molar-refractivity contribution in [1.29, 1.82) is 0 Å². The van der Waals surface area contributed by atoms with Gasteiger partial charge < -0.3 is 29.9 Å². The maximum Gasteiger partial charge on any atom is 0.573 e. The van der Waals surface area contributed by atoms with E-state index in [0.717, 1.165) is 12.1 Å². The highest BCUT2D eigenvalue weighted by Crippen LogP contribution is 2.30. The first-order valence-corrected chi connectivity index (χ1v) is 11.1. The van der Waals surface area contributed by atoms with Crippen LogP contribution in [0.25, 0.3) is 10.9 Å². The molecule has 1 aromatic heterocycles. The lowest BCUT2D eigenvalue weighted by Gasteiger charge is -2.23. The van der Waals surface area contributed by atoms with Crippen LogP contribution in [0.1, 0.15) is 6.35 Å². The van der Waals surface area contributed by atoms with Gasteiger partial charge >= 0.3 is 12.4 Å². The molecule has 1 aliphatic heterocycles. The maximum absolute atomic E-state index is 13.0. The van der Waals surface area contributed by atoms with Crippen molar-refractivity contribution in [2.45, 2.75) is 18.8 Å². The number of rotatable bonds is 5. The van der Waals surface area contributed by atoms with Crippen LogP contribution in [0.2, 0.25) is 0 Å². The van der Waals surface area contributed by atoms with Gasteiger partial charge in [-0.25, -0.2) is 4.79 Å². The van der Waals surface area contributed by atoms with Crippen LogP contribution in [-0.4, -0.2) is 50.5 Å². The minimum Gasteiger partial charge on any atom is -0.406 e. The monoisotopic (exact) mass is 495 g/mol. The predicted molar refractivity (Wildman–Crippen MR) is 121 cm³/mol. The Kier molecular flexibility index (Phi) is 6.59. The van der Waals surface area contributed by atoms with Gasteiger partial charge in [0.1, 0.15) is 11.8 Å². The van der Waals surface area contributed by atoms with Gasteiger partial charge in [-0.15, -0.1) is 24.9 Å². The van der Waals surface area contributed by atoms with Crippen LogP contribution in [0.15, 0.2) is 54.7 Å². The third-order valence-corrected chi connectivity index (χ3v) is 6.06. The minimum atomic E-state index is -4.86. The number of hydrogen-bond donors (Lipinski definition) is 4. The molecule has 2 heterocycles. The summed E-state index contributed by atoms with van der Waals surface area (Å²) in [7, 11) is 0. The molecule has 0 spiro atoms. The number of nitrogens with two attached hydrogens (primary N) is 1. The highest BCUT2D eigenvalue weighted by molar-refractivity contribution is 7.99. The number of aromatic nitrogens is 1. The average molecular weight is 495 g/mol. The van der Waals surface area contributed by atoms with Crippen molar-refractivity contribution in [3.05, 3.63) is 54.7 Å². The Balaban J connectivity index is 1.48. The van der Waals surface area contributed by atoms with E-state index in [1.807, 2.05) is 0 Å². The summed E-state index contributed by atoms with van der Waals surface area (Å²) in [6.07, 6.45) is -4.67. The maximum atomic E-state index is 13.0. The van der Waals surface area contributed by atoms with Crippen LogP contribution in [0.5, 0.6) is 5.75 Å². The zero-order valence-corrected chi connectivity index (χ0v) is 18.3. The van der Waals surface area contributed by atoms with Gasteiger partial charge in [0.2, 0.25) is 5.91 Å². The van der Waals surface area contributed by atoms with Gasteiger partial charge in [0.25, 0.3) is 0 Å². The smallest absolute Gasteiger partial charge is 0.406 e. The fourth-order valence-electron chi connectivity index (χ4n) is 3.57. The second kappa shape index (κ2) is 9.44. The second-order valence-corrected chi connectivity index (χ2v) is 8.36. The van der Waals surface area contributed by atoms with Crippen molar-refractivity contribution in [3.63, 3.8) is 0 Å². The Labute approximate surface area is 195 Å². The van der Waals surface area contributed by atoms with Crippen molar-refractivity contribution >= 4 is 46.0 Å². The number of benzene rings is 2. The number of nitrogens with zero attached hydrogens (tertiary/aromatic N) is 2. The summed E-state index contributed by atoms with van der Waals surface area (Å²) >= 11 is 1.36. The molecule has 0 bridgehead atoms. The molecule has 1 unspecified atom stereocenters. The fraction of sp³-hybridized carbons (Fsp3) is 0.238. The quantitative estimate of drug-likeness (QED) is 0.402. The molecular formula is C21H20F3N5O4S. The van der Waals surface area contributed by atoms with Crippen molar-refractivity contribution in [2.75, 3.05) is 22.3 Å². The highest BCUT2D eigenvalue weighted by atomic mass is 32.2. The molecule has 1 fully saturated rings. The molecule has 0 aliphatic carbocycles. The van der Waals surface area contributed by atoms with Crippen LogP contribution in [0.4, 0.5) is 29.3 Å².